The van der Waals surface area contributed by atoms with Gasteiger partial charge in [0, 0.05) is 19.6 Å². The Balaban J connectivity index is 1.75. The van der Waals surface area contributed by atoms with Gasteiger partial charge in [0.1, 0.15) is 0 Å². The summed E-state index contributed by atoms with van der Waals surface area (Å²) in [5.41, 5.74) is 2.58. The van der Waals surface area contributed by atoms with Crippen LogP contribution in [0.15, 0.2) is 24.3 Å². The van der Waals surface area contributed by atoms with Crippen LogP contribution in [-0.4, -0.2) is 52.5 Å². The largest absolute Gasteiger partial charge is 0.465 e. The minimum Gasteiger partial charge on any atom is -0.465 e. The summed E-state index contributed by atoms with van der Waals surface area (Å²) in [7, 11) is 0. The van der Waals surface area contributed by atoms with Gasteiger partial charge in [0.15, 0.2) is 5.78 Å². The Hall–Kier alpha value is -1.88. The lowest BCUT2D eigenvalue weighted by Gasteiger charge is -2.32. The molecule has 100 valence electrons. The van der Waals surface area contributed by atoms with Crippen molar-refractivity contribution in [2.45, 2.75) is 19.0 Å². The number of ketones is 1. The number of carbonyl (C=O) groups excluding carboxylic acids is 1. The van der Waals surface area contributed by atoms with Crippen LogP contribution in [0.1, 0.15) is 11.1 Å². The lowest BCUT2D eigenvalue weighted by Crippen LogP contribution is -2.44. The third-order valence-electron chi connectivity index (χ3n) is 3.98. The first-order chi connectivity index (χ1) is 9.15. The molecule has 0 aliphatic carbocycles. The normalized spacial score (nSPS) is 23.5. The summed E-state index contributed by atoms with van der Waals surface area (Å²) in [5, 5.41) is 8.96. The molecule has 1 saturated heterocycles. The number of likely N-dealkylation sites (tertiary alicyclic amines) is 1. The van der Waals surface area contributed by atoms with Gasteiger partial charge in [-0.25, -0.2) is 4.79 Å². The first kappa shape index (κ1) is 12.2. The number of hydrogen-bond acceptors (Lipinski definition) is 3. The minimum absolute atomic E-state index is 0.0155. The van der Waals surface area contributed by atoms with Gasteiger partial charge in [0.2, 0.25) is 0 Å². The number of hydrogen-bond donors (Lipinski definition) is 1. The Bertz CT molecular complexity index is 529. The molecule has 1 unspecified atom stereocenters. The number of nitrogens with zero attached hydrogens (tertiary/aromatic N) is 2. The summed E-state index contributed by atoms with van der Waals surface area (Å²) < 4.78 is 0. The molecule has 5 heteroatoms. The Labute approximate surface area is 111 Å². The highest BCUT2D eigenvalue weighted by Gasteiger charge is 2.38. The average Bonchev–Trinajstić information content (AvgIpc) is 2.80. The van der Waals surface area contributed by atoms with Crippen molar-refractivity contribution >= 4 is 11.9 Å². The molecule has 3 rings (SSSR count). The van der Waals surface area contributed by atoms with E-state index in [1.165, 1.54) is 16.0 Å². The number of amides is 1. The molecular formula is C14H16N2O3. The smallest absolute Gasteiger partial charge is 0.407 e. The average molecular weight is 260 g/mol. The van der Waals surface area contributed by atoms with Gasteiger partial charge in [-0.15, -0.1) is 0 Å². The lowest BCUT2D eigenvalue weighted by molar-refractivity contribution is -0.121. The van der Waals surface area contributed by atoms with Gasteiger partial charge in [-0.3, -0.25) is 14.6 Å². The fourth-order valence-corrected chi connectivity index (χ4v) is 2.92. The number of Topliss-reactive ketones (excluding diaryl/α,β-unsaturated/α-hetero) is 1. The standard InChI is InChI=1S/C14H16N2O3/c17-13-9-16(14(18)19)8-12(13)15-6-5-10-3-1-2-4-11(10)7-15/h1-4,12H,5-9H2,(H,18,19). The highest BCUT2D eigenvalue weighted by Crippen LogP contribution is 2.23. The topological polar surface area (TPSA) is 60.9 Å². The summed E-state index contributed by atoms with van der Waals surface area (Å²) >= 11 is 0. The second-order valence-electron chi connectivity index (χ2n) is 5.13. The maximum atomic E-state index is 12.0. The van der Waals surface area contributed by atoms with E-state index in [0.717, 1.165) is 19.5 Å². The van der Waals surface area contributed by atoms with Crippen LogP contribution in [0.5, 0.6) is 0 Å². The molecule has 2 aliphatic heterocycles. The van der Waals surface area contributed by atoms with Crippen molar-refractivity contribution in [3.05, 3.63) is 35.4 Å². The molecule has 1 aromatic carbocycles. The van der Waals surface area contributed by atoms with Crippen molar-refractivity contribution in [2.24, 2.45) is 0 Å². The molecule has 1 N–H and O–H groups in total. The Kier molecular flexibility index (Phi) is 2.98. The predicted molar refractivity (Wildman–Crippen MR) is 68.9 cm³/mol. The molecule has 0 bridgehead atoms. The van der Waals surface area contributed by atoms with E-state index in [1.807, 2.05) is 12.1 Å². The van der Waals surface area contributed by atoms with Gasteiger partial charge < -0.3 is 5.11 Å². The molecule has 2 aliphatic rings. The van der Waals surface area contributed by atoms with E-state index in [-0.39, 0.29) is 18.4 Å². The van der Waals surface area contributed by atoms with Crippen molar-refractivity contribution < 1.29 is 14.7 Å². The van der Waals surface area contributed by atoms with Crippen LogP contribution in [0.3, 0.4) is 0 Å². The van der Waals surface area contributed by atoms with E-state index in [4.69, 9.17) is 5.11 Å². The van der Waals surface area contributed by atoms with Gasteiger partial charge in [-0.05, 0) is 17.5 Å². The van der Waals surface area contributed by atoms with Crippen LogP contribution in [0.4, 0.5) is 4.79 Å². The van der Waals surface area contributed by atoms with Crippen molar-refractivity contribution in [3.8, 4) is 0 Å². The first-order valence-electron chi connectivity index (χ1n) is 6.46. The second kappa shape index (κ2) is 4.66. The lowest BCUT2D eigenvalue weighted by atomic mass is 9.98. The number of carboxylic acid groups (broad SMARTS) is 1. The molecule has 1 atom stereocenters. The summed E-state index contributed by atoms with van der Waals surface area (Å²) in [6, 6.07) is 7.95. The van der Waals surface area contributed by atoms with Crippen LogP contribution in [0.25, 0.3) is 0 Å². The van der Waals surface area contributed by atoms with Gasteiger partial charge in [0.25, 0.3) is 0 Å². The van der Waals surface area contributed by atoms with Crippen molar-refractivity contribution in [2.75, 3.05) is 19.6 Å². The third-order valence-corrected chi connectivity index (χ3v) is 3.98. The second-order valence-corrected chi connectivity index (χ2v) is 5.13. The number of fused-ring (bicyclic) bond motifs is 1. The zero-order valence-corrected chi connectivity index (χ0v) is 10.6. The van der Waals surface area contributed by atoms with Crippen molar-refractivity contribution in [1.29, 1.82) is 0 Å². The van der Waals surface area contributed by atoms with Gasteiger partial charge in [0.05, 0.1) is 12.6 Å². The minimum atomic E-state index is -1.01. The predicted octanol–water partition coefficient (Wildman–Crippen LogP) is 0.976. The molecule has 0 radical (unpaired) electrons. The summed E-state index contributed by atoms with van der Waals surface area (Å²) in [5.74, 6) is 0.0155. The van der Waals surface area contributed by atoms with E-state index in [9.17, 15) is 9.59 Å². The number of benzene rings is 1. The van der Waals surface area contributed by atoms with Gasteiger partial charge in [-0.2, -0.15) is 0 Å². The van der Waals surface area contributed by atoms with Crippen molar-refractivity contribution in [3.63, 3.8) is 0 Å². The Morgan fingerprint density at radius 3 is 2.63 bits per heavy atom. The molecule has 0 spiro atoms. The van der Waals surface area contributed by atoms with Crippen LogP contribution in [0, 0.1) is 0 Å². The fourth-order valence-electron chi connectivity index (χ4n) is 2.92. The van der Waals surface area contributed by atoms with E-state index in [0.29, 0.717) is 6.54 Å². The zero-order chi connectivity index (χ0) is 13.4. The maximum absolute atomic E-state index is 12.0. The molecule has 1 fully saturated rings. The SMILES string of the molecule is O=C1CN(C(=O)O)CC1N1CCc2ccccc2C1. The summed E-state index contributed by atoms with van der Waals surface area (Å²) in [6.45, 7) is 1.88. The van der Waals surface area contributed by atoms with Crippen molar-refractivity contribution in [1.82, 2.24) is 9.80 Å². The maximum Gasteiger partial charge on any atom is 0.407 e. The monoisotopic (exact) mass is 260 g/mol. The molecule has 0 aromatic heterocycles. The van der Waals surface area contributed by atoms with Crippen LogP contribution in [0.2, 0.25) is 0 Å². The van der Waals surface area contributed by atoms with Crippen LogP contribution >= 0.6 is 0 Å². The van der Waals surface area contributed by atoms with Crippen LogP contribution < -0.4 is 0 Å². The number of carbonyl (C=O) groups is 2. The Morgan fingerprint density at radius 2 is 1.95 bits per heavy atom. The third kappa shape index (κ3) is 2.21. The van der Waals surface area contributed by atoms with Crippen LogP contribution in [-0.2, 0) is 17.8 Å². The van der Waals surface area contributed by atoms with E-state index >= 15 is 0 Å². The number of rotatable bonds is 1. The van der Waals surface area contributed by atoms with Gasteiger partial charge >= 0.3 is 6.09 Å². The molecule has 1 aromatic rings. The Morgan fingerprint density at radius 1 is 1.21 bits per heavy atom. The molecule has 19 heavy (non-hydrogen) atoms. The highest BCUT2D eigenvalue weighted by atomic mass is 16.4. The molecule has 2 heterocycles. The van der Waals surface area contributed by atoms with E-state index in [1.54, 1.807) is 0 Å². The molecule has 0 saturated carbocycles. The van der Waals surface area contributed by atoms with Gasteiger partial charge in [-0.1, -0.05) is 24.3 Å². The molecular weight excluding hydrogens is 244 g/mol. The zero-order valence-electron chi connectivity index (χ0n) is 10.6. The summed E-state index contributed by atoms with van der Waals surface area (Å²) in [6.07, 6.45) is -0.0826. The molecule has 1 amide bonds. The summed E-state index contributed by atoms with van der Waals surface area (Å²) in [4.78, 5) is 26.2. The fraction of sp³-hybridized carbons (Fsp3) is 0.429. The molecule has 5 nitrogen and oxygen atoms in total. The van der Waals surface area contributed by atoms with E-state index < -0.39 is 6.09 Å². The highest BCUT2D eigenvalue weighted by molar-refractivity contribution is 5.91. The van der Waals surface area contributed by atoms with E-state index in [2.05, 4.69) is 17.0 Å². The quantitative estimate of drug-likeness (QED) is 0.817. The first-order valence-corrected chi connectivity index (χ1v) is 6.46.